The van der Waals surface area contributed by atoms with E-state index in [1.807, 2.05) is 0 Å². The fraction of sp³-hybridized carbons (Fsp3) is 0.333. The molecule has 4 rings (SSSR count). The number of nitrogens with zero attached hydrogens (tertiary/aromatic N) is 1. The summed E-state index contributed by atoms with van der Waals surface area (Å²) in [6.45, 7) is 0.295. The molecule has 0 atom stereocenters. The number of benzene rings is 2. The number of methoxy groups -OCH3 is 1. The van der Waals surface area contributed by atoms with Gasteiger partial charge in [0.15, 0.2) is 0 Å². The Hall–Kier alpha value is -2.08. The molecule has 126 valence electrons. The first-order valence-electron chi connectivity index (χ1n) is 7.94. The first kappa shape index (κ1) is 15.4. The van der Waals surface area contributed by atoms with Gasteiger partial charge in [0, 0.05) is 17.5 Å². The lowest BCUT2D eigenvalue weighted by Gasteiger charge is -2.39. The maximum atomic E-state index is 14.5. The van der Waals surface area contributed by atoms with E-state index in [4.69, 9.17) is 4.74 Å². The highest BCUT2D eigenvalue weighted by atomic mass is 32.2. The van der Waals surface area contributed by atoms with Crippen LogP contribution in [0.4, 0.5) is 10.1 Å². The van der Waals surface area contributed by atoms with Gasteiger partial charge in [-0.05, 0) is 37.1 Å². The smallest absolute Gasteiger partial charge is 0.268 e. The van der Waals surface area contributed by atoms with Crippen molar-refractivity contribution in [2.75, 3.05) is 18.0 Å². The molecule has 1 heterocycles. The molecule has 0 aromatic heterocycles. The number of halogens is 1. The van der Waals surface area contributed by atoms with Crippen molar-refractivity contribution in [2.45, 2.75) is 29.6 Å². The highest BCUT2D eigenvalue weighted by Gasteiger charge is 2.52. The largest absolute Gasteiger partial charge is 0.495 e. The van der Waals surface area contributed by atoms with Gasteiger partial charge in [-0.3, -0.25) is 4.31 Å². The van der Waals surface area contributed by atoms with Crippen molar-refractivity contribution in [3.05, 3.63) is 53.8 Å². The van der Waals surface area contributed by atoms with Crippen LogP contribution in [-0.4, -0.2) is 22.1 Å². The van der Waals surface area contributed by atoms with Crippen LogP contribution >= 0.6 is 0 Å². The highest BCUT2D eigenvalue weighted by molar-refractivity contribution is 7.93. The summed E-state index contributed by atoms with van der Waals surface area (Å²) in [7, 11) is -2.37. The first-order valence-corrected chi connectivity index (χ1v) is 9.38. The predicted molar refractivity (Wildman–Crippen MR) is 89.5 cm³/mol. The summed E-state index contributed by atoms with van der Waals surface area (Å²) >= 11 is 0. The summed E-state index contributed by atoms with van der Waals surface area (Å²) in [6.07, 6.45) is 2.63. The van der Waals surface area contributed by atoms with Crippen LogP contribution in [0.2, 0.25) is 0 Å². The van der Waals surface area contributed by atoms with E-state index >= 15 is 0 Å². The second-order valence-electron chi connectivity index (χ2n) is 6.43. The van der Waals surface area contributed by atoms with E-state index in [0.29, 0.717) is 23.5 Å². The standard InChI is InChI=1S/C18H18FNO3S/c1-23-15-8-2-3-9-16(15)24(21,22)20-12-18(10-5-11-18)17-13(19)6-4-7-14(17)20/h2-4,6-9H,5,10-12H2,1H3. The Morgan fingerprint density at radius 1 is 1.12 bits per heavy atom. The molecule has 1 saturated carbocycles. The minimum atomic E-state index is -3.82. The van der Waals surface area contributed by atoms with Gasteiger partial charge in [0.2, 0.25) is 0 Å². The summed E-state index contributed by atoms with van der Waals surface area (Å²) in [5, 5.41) is 0. The number of anilines is 1. The van der Waals surface area contributed by atoms with E-state index in [1.165, 1.54) is 23.5 Å². The topological polar surface area (TPSA) is 46.6 Å². The van der Waals surface area contributed by atoms with E-state index < -0.39 is 10.0 Å². The van der Waals surface area contributed by atoms with Gasteiger partial charge in [-0.2, -0.15) is 0 Å². The molecule has 1 aliphatic heterocycles. The third-order valence-corrected chi connectivity index (χ3v) is 6.98. The minimum Gasteiger partial charge on any atom is -0.495 e. The maximum Gasteiger partial charge on any atom is 0.268 e. The first-order chi connectivity index (χ1) is 11.5. The summed E-state index contributed by atoms with van der Waals surface area (Å²) < 4.78 is 47.5. The van der Waals surface area contributed by atoms with Crippen LogP contribution in [0.25, 0.3) is 0 Å². The SMILES string of the molecule is COc1ccccc1S(=O)(=O)N1CC2(CCC2)c2c(F)cccc21. The molecule has 0 N–H and O–H groups in total. The van der Waals surface area contributed by atoms with E-state index in [0.717, 1.165) is 19.3 Å². The molecular weight excluding hydrogens is 329 g/mol. The summed E-state index contributed by atoms with van der Waals surface area (Å²) in [5.41, 5.74) is 0.630. The summed E-state index contributed by atoms with van der Waals surface area (Å²) in [5.74, 6) is -0.0186. The van der Waals surface area contributed by atoms with Gasteiger partial charge in [-0.1, -0.05) is 24.6 Å². The van der Waals surface area contributed by atoms with Crippen LogP contribution in [0.5, 0.6) is 5.75 Å². The number of sulfonamides is 1. The monoisotopic (exact) mass is 347 g/mol. The molecule has 1 aliphatic carbocycles. The van der Waals surface area contributed by atoms with Gasteiger partial charge >= 0.3 is 0 Å². The van der Waals surface area contributed by atoms with Crippen molar-refractivity contribution < 1.29 is 17.5 Å². The average molecular weight is 347 g/mol. The fourth-order valence-electron chi connectivity index (χ4n) is 3.86. The molecular formula is C18H18FNO3S. The lowest BCUT2D eigenvalue weighted by molar-refractivity contribution is 0.260. The van der Waals surface area contributed by atoms with Crippen LogP contribution in [0.15, 0.2) is 47.4 Å². The van der Waals surface area contributed by atoms with Crippen LogP contribution in [0, 0.1) is 5.82 Å². The third kappa shape index (κ3) is 1.99. The molecule has 1 fully saturated rings. The van der Waals surface area contributed by atoms with Crippen LogP contribution in [0.1, 0.15) is 24.8 Å². The predicted octanol–water partition coefficient (Wildman–Crippen LogP) is 3.46. The molecule has 2 aliphatic rings. The lowest BCUT2D eigenvalue weighted by Crippen LogP contribution is -2.41. The molecule has 4 nitrogen and oxygen atoms in total. The Kier molecular flexibility index (Phi) is 3.35. The number of ether oxygens (including phenoxy) is 1. The average Bonchev–Trinajstić information content (AvgIpc) is 2.92. The third-order valence-electron chi connectivity index (χ3n) is 5.18. The Morgan fingerprint density at radius 3 is 2.54 bits per heavy atom. The number of fused-ring (bicyclic) bond motifs is 2. The Balaban J connectivity index is 1.88. The van der Waals surface area contributed by atoms with Crippen molar-refractivity contribution in [3.63, 3.8) is 0 Å². The second kappa shape index (κ2) is 5.21. The highest BCUT2D eigenvalue weighted by Crippen LogP contribution is 2.54. The van der Waals surface area contributed by atoms with Crippen LogP contribution in [0.3, 0.4) is 0 Å². The Labute approximate surface area is 140 Å². The molecule has 6 heteroatoms. The van der Waals surface area contributed by atoms with Crippen LogP contribution in [-0.2, 0) is 15.4 Å². The van der Waals surface area contributed by atoms with Crippen molar-refractivity contribution in [2.24, 2.45) is 0 Å². The molecule has 24 heavy (non-hydrogen) atoms. The van der Waals surface area contributed by atoms with Crippen molar-refractivity contribution in [1.29, 1.82) is 0 Å². The molecule has 1 spiro atoms. The van der Waals surface area contributed by atoms with Gasteiger partial charge < -0.3 is 4.74 Å². The van der Waals surface area contributed by atoms with Crippen molar-refractivity contribution in [3.8, 4) is 5.75 Å². The lowest BCUT2D eigenvalue weighted by atomic mass is 9.65. The molecule has 0 radical (unpaired) electrons. The van der Waals surface area contributed by atoms with Crippen molar-refractivity contribution >= 4 is 15.7 Å². The number of para-hydroxylation sites is 1. The van der Waals surface area contributed by atoms with Gasteiger partial charge in [0.05, 0.1) is 12.8 Å². The number of hydrogen-bond donors (Lipinski definition) is 0. The van der Waals surface area contributed by atoms with Gasteiger partial charge in [0.1, 0.15) is 16.5 Å². The maximum absolute atomic E-state index is 14.5. The molecule has 0 saturated heterocycles. The van der Waals surface area contributed by atoms with E-state index in [1.54, 1.807) is 30.3 Å². The zero-order valence-electron chi connectivity index (χ0n) is 13.3. The Bertz CT molecular complexity index is 906. The Morgan fingerprint density at radius 2 is 1.88 bits per heavy atom. The molecule has 0 amide bonds. The van der Waals surface area contributed by atoms with Gasteiger partial charge in [-0.15, -0.1) is 0 Å². The molecule has 2 aromatic carbocycles. The normalized spacial score (nSPS) is 18.3. The zero-order chi connectivity index (χ0) is 16.9. The quantitative estimate of drug-likeness (QED) is 0.854. The molecule has 0 unspecified atom stereocenters. The minimum absolute atomic E-state index is 0.110. The molecule has 2 aromatic rings. The summed E-state index contributed by atoms with van der Waals surface area (Å²) in [6, 6.07) is 11.2. The number of rotatable bonds is 3. The van der Waals surface area contributed by atoms with Gasteiger partial charge in [-0.25, -0.2) is 12.8 Å². The molecule has 0 bridgehead atoms. The summed E-state index contributed by atoms with van der Waals surface area (Å²) in [4.78, 5) is 0.110. The van der Waals surface area contributed by atoms with Gasteiger partial charge in [0.25, 0.3) is 10.0 Å². The second-order valence-corrected chi connectivity index (χ2v) is 8.26. The zero-order valence-corrected chi connectivity index (χ0v) is 14.1. The van der Waals surface area contributed by atoms with E-state index in [-0.39, 0.29) is 16.1 Å². The van der Waals surface area contributed by atoms with Crippen molar-refractivity contribution in [1.82, 2.24) is 0 Å². The number of hydrogen-bond acceptors (Lipinski definition) is 3. The van der Waals surface area contributed by atoms with Crippen LogP contribution < -0.4 is 9.04 Å². The van der Waals surface area contributed by atoms with E-state index in [2.05, 4.69) is 0 Å². The van der Waals surface area contributed by atoms with E-state index in [9.17, 15) is 12.8 Å². The fourth-order valence-corrected chi connectivity index (χ4v) is 5.58.